The van der Waals surface area contributed by atoms with Crippen molar-refractivity contribution in [1.29, 1.82) is 0 Å². The molecule has 3 aromatic rings. The van der Waals surface area contributed by atoms with Crippen LogP contribution in [0.1, 0.15) is 44.0 Å². The van der Waals surface area contributed by atoms with Gasteiger partial charge in [0.2, 0.25) is 0 Å². The van der Waals surface area contributed by atoms with E-state index in [2.05, 4.69) is 36.0 Å². The molecule has 4 N–H and O–H groups in total. The lowest BCUT2D eigenvalue weighted by Crippen LogP contribution is -2.56. The summed E-state index contributed by atoms with van der Waals surface area (Å²) in [6, 6.07) is 11.5. The fourth-order valence-corrected chi connectivity index (χ4v) is 3.76. The number of benzene rings is 1. The van der Waals surface area contributed by atoms with Crippen molar-refractivity contribution < 1.29 is 9.18 Å². The van der Waals surface area contributed by atoms with Crippen LogP contribution in [0.3, 0.4) is 0 Å². The molecule has 1 saturated heterocycles. The number of pyridine rings is 1. The molecule has 4 rings (SSSR count). The first-order valence-corrected chi connectivity index (χ1v) is 11.1. The number of rotatable bonds is 7. The van der Waals surface area contributed by atoms with Crippen LogP contribution in [0.4, 0.5) is 16.0 Å². The fourth-order valence-electron chi connectivity index (χ4n) is 3.76. The van der Waals surface area contributed by atoms with Crippen LogP contribution in [0, 0.1) is 5.82 Å². The van der Waals surface area contributed by atoms with Gasteiger partial charge in [0.15, 0.2) is 12.1 Å². The number of nitrogens with zero attached hydrogens (tertiary/aromatic N) is 3. The van der Waals surface area contributed by atoms with Gasteiger partial charge in [0.25, 0.3) is 5.91 Å². The molecule has 0 radical (unpaired) electrons. The lowest BCUT2D eigenvalue weighted by molar-refractivity contribution is 0.0929. The van der Waals surface area contributed by atoms with E-state index < -0.39 is 6.29 Å². The summed E-state index contributed by atoms with van der Waals surface area (Å²) in [5.74, 6) is 0.854. The molecule has 2 aromatic heterocycles. The summed E-state index contributed by atoms with van der Waals surface area (Å²) in [6.07, 6.45) is 3.38. The van der Waals surface area contributed by atoms with Crippen LogP contribution >= 0.6 is 0 Å². The smallest absolute Gasteiger partial charge is 0.254 e. The molecule has 1 aromatic carbocycles. The highest BCUT2D eigenvalue weighted by molar-refractivity contribution is 5.95. The predicted molar refractivity (Wildman–Crippen MR) is 127 cm³/mol. The first-order chi connectivity index (χ1) is 15.8. The van der Waals surface area contributed by atoms with Crippen LogP contribution in [-0.4, -0.2) is 46.0 Å². The molecule has 1 fully saturated rings. The van der Waals surface area contributed by atoms with Crippen LogP contribution in [0.15, 0.2) is 48.7 Å². The van der Waals surface area contributed by atoms with Crippen LogP contribution in [0.5, 0.6) is 0 Å². The summed E-state index contributed by atoms with van der Waals surface area (Å²) in [5, 5.41) is 16.8. The largest absolute Gasteiger partial charge is 0.357 e. The average Bonchev–Trinajstić information content (AvgIpc) is 3.46. The Morgan fingerprint density at radius 1 is 1.12 bits per heavy atom. The Bertz CT molecular complexity index is 1080. The molecule has 1 atom stereocenters. The zero-order chi connectivity index (χ0) is 23.4. The SMILES string of the molecule is CC(C)(C)NC(NC(=O)c1ccnc(N2CCCC2)c1)Nc1cc(-c2ccc(F)cc2)[nH]n1. The van der Waals surface area contributed by atoms with Gasteiger partial charge >= 0.3 is 0 Å². The summed E-state index contributed by atoms with van der Waals surface area (Å²) in [4.78, 5) is 19.7. The second-order valence-electron chi connectivity index (χ2n) is 9.22. The third-order valence-corrected chi connectivity index (χ3v) is 5.32. The maximum Gasteiger partial charge on any atom is 0.254 e. The van der Waals surface area contributed by atoms with Crippen LogP contribution < -0.4 is 20.9 Å². The van der Waals surface area contributed by atoms with Crippen molar-refractivity contribution in [3.8, 4) is 11.3 Å². The van der Waals surface area contributed by atoms with Crippen molar-refractivity contribution in [2.24, 2.45) is 0 Å². The maximum absolute atomic E-state index is 13.2. The van der Waals surface area contributed by atoms with E-state index in [1.807, 2.05) is 32.9 Å². The van der Waals surface area contributed by atoms with E-state index in [0.717, 1.165) is 43.0 Å². The van der Waals surface area contributed by atoms with Crippen molar-refractivity contribution in [2.45, 2.75) is 45.4 Å². The van der Waals surface area contributed by atoms with Gasteiger partial charge in [-0.3, -0.25) is 15.2 Å². The van der Waals surface area contributed by atoms with Crippen molar-refractivity contribution in [3.05, 3.63) is 60.0 Å². The van der Waals surface area contributed by atoms with E-state index in [0.29, 0.717) is 11.4 Å². The number of halogens is 1. The van der Waals surface area contributed by atoms with Crippen molar-refractivity contribution in [2.75, 3.05) is 23.3 Å². The average molecular weight is 452 g/mol. The number of carbonyl (C=O) groups is 1. The summed E-state index contributed by atoms with van der Waals surface area (Å²) in [7, 11) is 0. The molecule has 1 amide bonds. The van der Waals surface area contributed by atoms with E-state index in [1.165, 1.54) is 12.1 Å². The molecule has 3 heterocycles. The van der Waals surface area contributed by atoms with Gasteiger partial charge in [-0.15, -0.1) is 0 Å². The van der Waals surface area contributed by atoms with Crippen molar-refractivity contribution >= 4 is 17.5 Å². The summed E-state index contributed by atoms with van der Waals surface area (Å²) in [6.45, 7) is 7.97. The fraction of sp³-hybridized carbons (Fsp3) is 0.375. The molecule has 1 aliphatic rings. The standard InChI is InChI=1S/C24H30FN7O/c1-24(2,3)29-23(27-20-15-19(30-31-20)16-6-8-18(25)9-7-16)28-22(33)17-10-11-26-21(14-17)32-12-4-5-13-32/h6-11,14-15,23,29H,4-5,12-13H2,1-3H3,(H,28,33)(H2,27,30,31). The number of carbonyl (C=O) groups excluding carboxylic acids is 1. The Morgan fingerprint density at radius 2 is 1.85 bits per heavy atom. The van der Waals surface area contributed by atoms with Gasteiger partial charge in [-0.05, 0) is 75.6 Å². The Balaban J connectivity index is 1.48. The second-order valence-corrected chi connectivity index (χ2v) is 9.22. The molecule has 1 unspecified atom stereocenters. The molecule has 8 nitrogen and oxygen atoms in total. The third kappa shape index (κ3) is 6.07. The number of anilines is 2. The second kappa shape index (κ2) is 9.58. The van der Waals surface area contributed by atoms with E-state index in [9.17, 15) is 9.18 Å². The monoisotopic (exact) mass is 451 g/mol. The molecular weight excluding hydrogens is 421 g/mol. The normalized spacial score (nSPS) is 14.8. The number of H-pyrrole nitrogens is 1. The lowest BCUT2D eigenvalue weighted by atomic mass is 10.1. The molecular formula is C24H30FN7O. The molecule has 0 saturated carbocycles. The van der Waals surface area contributed by atoms with E-state index >= 15 is 0 Å². The summed E-state index contributed by atoms with van der Waals surface area (Å²) >= 11 is 0. The highest BCUT2D eigenvalue weighted by Crippen LogP contribution is 2.21. The Labute approximate surface area is 193 Å². The number of hydrogen-bond donors (Lipinski definition) is 4. The quantitative estimate of drug-likeness (QED) is 0.409. The van der Waals surface area contributed by atoms with E-state index in [1.54, 1.807) is 24.4 Å². The zero-order valence-corrected chi connectivity index (χ0v) is 19.2. The van der Waals surface area contributed by atoms with Crippen LogP contribution in [0.25, 0.3) is 11.3 Å². The van der Waals surface area contributed by atoms with Gasteiger partial charge in [0.05, 0.1) is 5.69 Å². The third-order valence-electron chi connectivity index (χ3n) is 5.32. The van der Waals surface area contributed by atoms with Crippen LogP contribution in [0.2, 0.25) is 0 Å². The van der Waals surface area contributed by atoms with Crippen molar-refractivity contribution in [3.63, 3.8) is 0 Å². The highest BCUT2D eigenvalue weighted by atomic mass is 19.1. The molecule has 174 valence electrons. The minimum atomic E-state index is -0.578. The van der Waals surface area contributed by atoms with Gasteiger partial charge in [-0.25, -0.2) is 9.37 Å². The summed E-state index contributed by atoms with van der Waals surface area (Å²) in [5.41, 5.74) is 1.82. The number of nitrogens with one attached hydrogen (secondary N) is 4. The Kier molecular flexibility index (Phi) is 6.60. The van der Waals surface area contributed by atoms with Gasteiger partial charge in [0, 0.05) is 36.5 Å². The first kappa shape index (κ1) is 22.7. The van der Waals surface area contributed by atoms with Gasteiger partial charge in [-0.2, -0.15) is 5.10 Å². The number of aromatic nitrogens is 3. The molecule has 0 bridgehead atoms. The molecule has 0 spiro atoms. The molecule has 1 aliphatic heterocycles. The Morgan fingerprint density at radius 3 is 2.55 bits per heavy atom. The van der Waals surface area contributed by atoms with E-state index in [-0.39, 0.29) is 17.3 Å². The maximum atomic E-state index is 13.2. The minimum absolute atomic E-state index is 0.221. The predicted octanol–water partition coefficient (Wildman–Crippen LogP) is 3.72. The summed E-state index contributed by atoms with van der Waals surface area (Å²) < 4.78 is 13.2. The topological polar surface area (TPSA) is 98.0 Å². The van der Waals surface area contributed by atoms with Gasteiger partial charge in [0.1, 0.15) is 11.6 Å². The highest BCUT2D eigenvalue weighted by Gasteiger charge is 2.22. The number of aromatic amines is 1. The number of hydrogen-bond acceptors (Lipinski definition) is 6. The lowest BCUT2D eigenvalue weighted by Gasteiger charge is -2.29. The number of amides is 1. The van der Waals surface area contributed by atoms with E-state index in [4.69, 9.17) is 0 Å². The molecule has 33 heavy (non-hydrogen) atoms. The molecule has 0 aliphatic carbocycles. The van der Waals surface area contributed by atoms with Gasteiger partial charge < -0.3 is 15.5 Å². The Hall–Kier alpha value is -3.46. The van der Waals surface area contributed by atoms with Crippen molar-refractivity contribution in [1.82, 2.24) is 25.8 Å². The zero-order valence-electron chi connectivity index (χ0n) is 19.2. The molecule has 9 heteroatoms. The van der Waals surface area contributed by atoms with Crippen LogP contribution in [-0.2, 0) is 0 Å². The minimum Gasteiger partial charge on any atom is -0.357 e. The first-order valence-electron chi connectivity index (χ1n) is 11.1. The van der Waals surface area contributed by atoms with Gasteiger partial charge in [-0.1, -0.05) is 0 Å².